The smallest absolute Gasteiger partial charge is 0.265 e. The zero-order chi connectivity index (χ0) is 16.4. The summed E-state index contributed by atoms with van der Waals surface area (Å²) in [4.78, 5) is 24.8. The molecular weight excluding hydrogens is 316 g/mol. The zero-order valence-corrected chi connectivity index (χ0v) is 13.3. The Bertz CT molecular complexity index is 863. The molecule has 0 aliphatic rings. The number of hydrogen-bond acceptors (Lipinski definition) is 5. The number of ether oxygens (including phenoxy) is 1. The van der Waals surface area contributed by atoms with Crippen molar-refractivity contribution >= 4 is 17.5 Å². The lowest BCUT2D eigenvalue weighted by atomic mass is 10.0. The lowest BCUT2D eigenvalue weighted by molar-refractivity contribution is 0.0960. The first-order valence-corrected chi connectivity index (χ1v) is 7.17. The fraction of sp³-hybridized carbons (Fsp3) is 0.125. The number of pyridine rings is 2. The first-order chi connectivity index (χ1) is 11.1. The first kappa shape index (κ1) is 15.2. The SMILES string of the molecule is COc1cnc(Cl)cc1-c1cc(C)ncc1C(=O)n1ccnc1. The van der Waals surface area contributed by atoms with Gasteiger partial charge in [0.15, 0.2) is 0 Å². The molecule has 0 saturated carbocycles. The summed E-state index contributed by atoms with van der Waals surface area (Å²) in [6, 6.07) is 3.48. The summed E-state index contributed by atoms with van der Waals surface area (Å²) in [5.74, 6) is 0.291. The number of methoxy groups -OCH3 is 1. The molecule has 0 N–H and O–H groups in total. The van der Waals surface area contributed by atoms with Gasteiger partial charge < -0.3 is 4.74 Å². The van der Waals surface area contributed by atoms with Crippen molar-refractivity contribution < 1.29 is 9.53 Å². The molecule has 0 aliphatic heterocycles. The molecule has 3 aromatic heterocycles. The number of rotatable bonds is 3. The Morgan fingerprint density at radius 1 is 1.22 bits per heavy atom. The van der Waals surface area contributed by atoms with Gasteiger partial charge in [-0.05, 0) is 19.1 Å². The minimum Gasteiger partial charge on any atom is -0.494 e. The summed E-state index contributed by atoms with van der Waals surface area (Å²) in [7, 11) is 1.54. The molecule has 6 nitrogen and oxygen atoms in total. The maximum absolute atomic E-state index is 12.7. The van der Waals surface area contributed by atoms with Gasteiger partial charge in [-0.25, -0.2) is 9.97 Å². The van der Waals surface area contributed by atoms with Crippen LogP contribution in [-0.4, -0.2) is 32.5 Å². The van der Waals surface area contributed by atoms with Gasteiger partial charge in [0, 0.05) is 35.4 Å². The molecule has 0 saturated heterocycles. The lowest BCUT2D eigenvalue weighted by Crippen LogP contribution is -2.12. The first-order valence-electron chi connectivity index (χ1n) is 6.79. The van der Waals surface area contributed by atoms with Crippen LogP contribution in [0.15, 0.2) is 43.2 Å². The Balaban J connectivity index is 2.22. The number of halogens is 1. The van der Waals surface area contributed by atoms with Crippen molar-refractivity contribution in [3.05, 3.63) is 59.7 Å². The van der Waals surface area contributed by atoms with Gasteiger partial charge in [0.2, 0.25) is 0 Å². The molecule has 0 atom stereocenters. The summed E-state index contributed by atoms with van der Waals surface area (Å²) in [5, 5.41) is 0.316. The monoisotopic (exact) mass is 328 g/mol. The van der Waals surface area contributed by atoms with E-state index in [-0.39, 0.29) is 5.91 Å². The number of nitrogens with zero attached hydrogens (tertiary/aromatic N) is 4. The zero-order valence-electron chi connectivity index (χ0n) is 12.5. The largest absolute Gasteiger partial charge is 0.494 e. The van der Waals surface area contributed by atoms with Crippen molar-refractivity contribution in [3.8, 4) is 16.9 Å². The molecular formula is C16H13ClN4O2. The number of carbonyl (C=O) groups excluding carboxylic acids is 1. The maximum atomic E-state index is 12.7. The summed E-state index contributed by atoms with van der Waals surface area (Å²) in [6.45, 7) is 1.85. The van der Waals surface area contributed by atoms with Gasteiger partial charge in [0.1, 0.15) is 17.2 Å². The molecule has 0 amide bonds. The highest BCUT2D eigenvalue weighted by atomic mass is 35.5. The second-order valence-corrected chi connectivity index (χ2v) is 5.24. The van der Waals surface area contributed by atoms with Crippen LogP contribution in [0.5, 0.6) is 5.75 Å². The van der Waals surface area contributed by atoms with Crippen LogP contribution < -0.4 is 4.74 Å². The molecule has 0 spiro atoms. The van der Waals surface area contributed by atoms with Crippen LogP contribution in [0.3, 0.4) is 0 Å². The van der Waals surface area contributed by atoms with Crippen LogP contribution in [0, 0.1) is 6.92 Å². The summed E-state index contributed by atoms with van der Waals surface area (Å²) in [6.07, 6.45) is 7.65. The Morgan fingerprint density at radius 2 is 2.04 bits per heavy atom. The van der Waals surface area contributed by atoms with E-state index < -0.39 is 0 Å². The lowest BCUT2D eigenvalue weighted by Gasteiger charge is -2.13. The van der Waals surface area contributed by atoms with E-state index in [1.807, 2.05) is 13.0 Å². The second-order valence-electron chi connectivity index (χ2n) is 4.85. The molecule has 116 valence electrons. The Morgan fingerprint density at radius 3 is 2.74 bits per heavy atom. The van der Waals surface area contributed by atoms with Crippen LogP contribution in [0.2, 0.25) is 5.15 Å². The van der Waals surface area contributed by atoms with Crippen LogP contribution in [0.4, 0.5) is 0 Å². The number of imidazole rings is 1. The van der Waals surface area contributed by atoms with Crippen LogP contribution in [0.1, 0.15) is 16.1 Å². The van der Waals surface area contributed by atoms with Gasteiger partial charge >= 0.3 is 0 Å². The van der Waals surface area contributed by atoms with Crippen LogP contribution in [0.25, 0.3) is 11.1 Å². The van der Waals surface area contributed by atoms with Gasteiger partial charge in [-0.1, -0.05) is 11.6 Å². The maximum Gasteiger partial charge on any atom is 0.265 e. The molecule has 0 bridgehead atoms. The third-order valence-corrected chi connectivity index (χ3v) is 3.56. The third-order valence-electron chi connectivity index (χ3n) is 3.35. The van der Waals surface area contributed by atoms with Crippen LogP contribution >= 0.6 is 11.6 Å². The molecule has 0 aliphatic carbocycles. The second kappa shape index (κ2) is 6.18. The topological polar surface area (TPSA) is 69.9 Å². The Hall–Kier alpha value is -2.73. The summed E-state index contributed by atoms with van der Waals surface area (Å²) >= 11 is 6.01. The van der Waals surface area contributed by atoms with E-state index in [1.165, 1.54) is 17.1 Å². The van der Waals surface area contributed by atoms with Crippen LogP contribution in [-0.2, 0) is 0 Å². The molecule has 3 rings (SSSR count). The van der Waals surface area contributed by atoms with Gasteiger partial charge in [-0.3, -0.25) is 14.3 Å². The predicted octanol–water partition coefficient (Wildman–Crippen LogP) is 3.00. The molecule has 0 unspecified atom stereocenters. The number of aryl methyl sites for hydroxylation is 1. The average molecular weight is 329 g/mol. The van der Waals surface area contributed by atoms with Crippen molar-refractivity contribution in [1.82, 2.24) is 19.5 Å². The predicted molar refractivity (Wildman–Crippen MR) is 85.7 cm³/mol. The van der Waals surface area contributed by atoms with Crippen molar-refractivity contribution in [2.75, 3.05) is 7.11 Å². The van der Waals surface area contributed by atoms with Gasteiger partial charge in [-0.2, -0.15) is 0 Å². The summed E-state index contributed by atoms with van der Waals surface area (Å²) < 4.78 is 6.74. The van der Waals surface area contributed by atoms with Crippen molar-refractivity contribution in [2.24, 2.45) is 0 Å². The van der Waals surface area contributed by atoms with E-state index >= 15 is 0 Å². The average Bonchev–Trinajstić information content (AvgIpc) is 3.08. The third kappa shape index (κ3) is 2.93. The van der Waals surface area contributed by atoms with Gasteiger partial charge in [0.05, 0.1) is 18.9 Å². The van der Waals surface area contributed by atoms with E-state index in [9.17, 15) is 4.79 Å². The molecule has 0 aromatic carbocycles. The molecule has 0 fully saturated rings. The summed E-state index contributed by atoms with van der Waals surface area (Å²) in [5.41, 5.74) is 2.56. The van der Waals surface area contributed by atoms with E-state index in [0.29, 0.717) is 27.6 Å². The normalized spacial score (nSPS) is 10.6. The highest BCUT2D eigenvalue weighted by Gasteiger charge is 2.18. The van der Waals surface area contributed by atoms with Crippen molar-refractivity contribution in [2.45, 2.75) is 6.92 Å². The molecule has 0 radical (unpaired) electrons. The van der Waals surface area contributed by atoms with Crippen molar-refractivity contribution in [1.29, 1.82) is 0 Å². The number of aromatic nitrogens is 4. The number of hydrogen-bond donors (Lipinski definition) is 0. The fourth-order valence-electron chi connectivity index (χ4n) is 2.26. The Labute approximate surface area is 137 Å². The van der Waals surface area contributed by atoms with Gasteiger partial charge in [-0.15, -0.1) is 0 Å². The minimum atomic E-state index is -0.236. The van der Waals surface area contributed by atoms with E-state index in [1.54, 1.807) is 31.8 Å². The fourth-order valence-corrected chi connectivity index (χ4v) is 2.42. The van der Waals surface area contributed by atoms with E-state index in [2.05, 4.69) is 15.0 Å². The van der Waals surface area contributed by atoms with Gasteiger partial charge in [0.25, 0.3) is 5.91 Å². The van der Waals surface area contributed by atoms with E-state index in [0.717, 1.165) is 5.69 Å². The molecule has 23 heavy (non-hydrogen) atoms. The quantitative estimate of drug-likeness (QED) is 0.691. The molecule has 3 heterocycles. The highest BCUT2D eigenvalue weighted by Crippen LogP contribution is 2.34. The van der Waals surface area contributed by atoms with Crippen molar-refractivity contribution in [3.63, 3.8) is 0 Å². The Kier molecular flexibility index (Phi) is 4.08. The number of carbonyl (C=O) groups is 1. The standard InChI is InChI=1S/C16H13ClN4O2/c1-10-5-11(12-6-15(17)20-8-14(12)23-2)13(7-19-10)16(22)21-4-3-18-9-21/h3-9H,1-2H3. The minimum absolute atomic E-state index is 0.236. The molecule has 3 aromatic rings. The van der Waals surface area contributed by atoms with E-state index in [4.69, 9.17) is 16.3 Å². The molecule has 7 heteroatoms. The highest BCUT2D eigenvalue weighted by molar-refractivity contribution is 6.29.